The van der Waals surface area contributed by atoms with Crippen molar-refractivity contribution in [1.29, 1.82) is 0 Å². The molecule has 0 saturated heterocycles. The molecule has 4 rings (SSSR count). The lowest BCUT2D eigenvalue weighted by molar-refractivity contribution is -0.255. The number of rotatable bonds is 4. The highest BCUT2D eigenvalue weighted by Crippen LogP contribution is 2.40. The van der Waals surface area contributed by atoms with E-state index in [1.54, 1.807) is 18.2 Å². The quantitative estimate of drug-likeness (QED) is 0.704. The number of nitrogens with one attached hydrogen (secondary N) is 1. The van der Waals surface area contributed by atoms with Gasteiger partial charge in [0.05, 0.1) is 16.4 Å². The fourth-order valence-corrected chi connectivity index (χ4v) is 4.70. The molecule has 0 radical (unpaired) electrons. The Balaban J connectivity index is 1.69. The van der Waals surface area contributed by atoms with Crippen LogP contribution in [0.3, 0.4) is 0 Å². The first-order valence-corrected chi connectivity index (χ1v) is 10.5. The van der Waals surface area contributed by atoms with Crippen LogP contribution < -0.4 is 9.83 Å². The third-order valence-electron chi connectivity index (χ3n) is 4.97. The Kier molecular flexibility index (Phi) is 4.27. The zero-order valence-corrected chi connectivity index (χ0v) is 16.6. The van der Waals surface area contributed by atoms with Crippen molar-refractivity contribution in [3.8, 4) is 0 Å². The predicted octanol–water partition coefficient (Wildman–Crippen LogP) is 2.75. The molecule has 29 heavy (non-hydrogen) atoms. The second-order valence-electron chi connectivity index (χ2n) is 7.97. The standard InChI is InChI=1S/C21H19NO6S/c1-21(2)10-16(23)19-15-9-13(5-8-17(15)28-18(19)11-21)22-29(26,27)14-6-3-12(4-7-14)20(24)25/h3-9,22H,10-11H2,1-2H3,(H,24,25)/p-1. The van der Waals surface area contributed by atoms with Crippen molar-refractivity contribution in [2.45, 2.75) is 31.6 Å². The van der Waals surface area contributed by atoms with Gasteiger partial charge in [-0.25, -0.2) is 8.42 Å². The molecule has 0 saturated carbocycles. The minimum atomic E-state index is -3.94. The first-order chi connectivity index (χ1) is 13.6. The first kappa shape index (κ1) is 19.2. The van der Waals surface area contributed by atoms with Gasteiger partial charge in [-0.2, -0.15) is 0 Å². The van der Waals surface area contributed by atoms with Gasteiger partial charge in [0.25, 0.3) is 10.0 Å². The van der Waals surface area contributed by atoms with Gasteiger partial charge in [-0.15, -0.1) is 0 Å². The SMILES string of the molecule is CC1(C)CC(=O)c2c(oc3ccc(NS(=O)(=O)c4ccc(C(=O)[O-])cc4)cc23)C1. The summed E-state index contributed by atoms with van der Waals surface area (Å²) in [5.74, 6) is -0.781. The summed E-state index contributed by atoms with van der Waals surface area (Å²) in [4.78, 5) is 23.4. The van der Waals surface area contributed by atoms with E-state index >= 15 is 0 Å². The normalized spacial score (nSPS) is 15.9. The lowest BCUT2D eigenvalue weighted by atomic mass is 9.76. The van der Waals surface area contributed by atoms with E-state index in [-0.39, 0.29) is 27.3 Å². The highest BCUT2D eigenvalue weighted by Gasteiger charge is 2.35. The maximum Gasteiger partial charge on any atom is 0.261 e. The number of benzene rings is 2. The van der Waals surface area contributed by atoms with Gasteiger partial charge in [0, 0.05) is 23.9 Å². The average molecular weight is 412 g/mol. The summed E-state index contributed by atoms with van der Waals surface area (Å²) in [7, 11) is -3.94. The summed E-state index contributed by atoms with van der Waals surface area (Å²) in [5, 5.41) is 11.4. The van der Waals surface area contributed by atoms with Gasteiger partial charge in [0.2, 0.25) is 0 Å². The average Bonchev–Trinajstić information content (AvgIpc) is 2.97. The Morgan fingerprint density at radius 2 is 1.79 bits per heavy atom. The zero-order chi connectivity index (χ0) is 21.0. The lowest BCUT2D eigenvalue weighted by Gasteiger charge is -2.27. The Labute approximate surface area is 167 Å². The molecule has 2 aromatic carbocycles. The van der Waals surface area contributed by atoms with Crippen molar-refractivity contribution >= 4 is 38.4 Å². The van der Waals surface area contributed by atoms with Gasteiger partial charge < -0.3 is 14.3 Å². The van der Waals surface area contributed by atoms with E-state index in [4.69, 9.17) is 4.42 Å². The van der Waals surface area contributed by atoms with E-state index in [9.17, 15) is 23.1 Å². The second-order valence-corrected chi connectivity index (χ2v) is 9.65. The van der Waals surface area contributed by atoms with Crippen molar-refractivity contribution in [3.63, 3.8) is 0 Å². The minimum absolute atomic E-state index is 0.0205. The number of hydrogen-bond acceptors (Lipinski definition) is 6. The summed E-state index contributed by atoms with van der Waals surface area (Å²) in [6.07, 6.45) is 1.03. The van der Waals surface area contributed by atoms with Gasteiger partial charge in [0.15, 0.2) is 5.78 Å². The lowest BCUT2D eigenvalue weighted by Crippen LogP contribution is -2.25. The highest BCUT2D eigenvalue weighted by atomic mass is 32.2. The predicted molar refractivity (Wildman–Crippen MR) is 104 cm³/mol. The maximum absolute atomic E-state index is 12.6. The van der Waals surface area contributed by atoms with Crippen LogP contribution in [0.2, 0.25) is 0 Å². The van der Waals surface area contributed by atoms with Crippen molar-refractivity contribution in [3.05, 3.63) is 59.4 Å². The van der Waals surface area contributed by atoms with Crippen molar-refractivity contribution in [2.24, 2.45) is 5.41 Å². The number of hydrogen-bond donors (Lipinski definition) is 1. The molecule has 1 aromatic heterocycles. The zero-order valence-electron chi connectivity index (χ0n) is 15.8. The molecule has 0 unspecified atom stereocenters. The highest BCUT2D eigenvalue weighted by molar-refractivity contribution is 7.92. The van der Waals surface area contributed by atoms with Crippen LogP contribution in [0.4, 0.5) is 5.69 Å². The van der Waals surface area contributed by atoms with Crippen LogP contribution in [-0.2, 0) is 16.4 Å². The third-order valence-corrected chi connectivity index (χ3v) is 6.37. The molecule has 0 bridgehead atoms. The molecule has 0 spiro atoms. The van der Waals surface area contributed by atoms with Crippen LogP contribution in [-0.4, -0.2) is 20.2 Å². The van der Waals surface area contributed by atoms with E-state index in [1.165, 1.54) is 24.3 Å². The smallest absolute Gasteiger partial charge is 0.261 e. The van der Waals surface area contributed by atoms with Crippen LogP contribution in [0.15, 0.2) is 51.8 Å². The Bertz CT molecular complexity index is 1250. The van der Waals surface area contributed by atoms with Crippen molar-refractivity contribution in [2.75, 3.05) is 4.72 Å². The number of fused-ring (bicyclic) bond motifs is 3. The number of carbonyl (C=O) groups excluding carboxylic acids is 2. The van der Waals surface area contributed by atoms with E-state index < -0.39 is 16.0 Å². The van der Waals surface area contributed by atoms with Gasteiger partial charge in [-0.05, 0) is 41.3 Å². The Morgan fingerprint density at radius 3 is 2.45 bits per heavy atom. The van der Waals surface area contributed by atoms with Crippen LogP contribution >= 0.6 is 0 Å². The number of anilines is 1. The van der Waals surface area contributed by atoms with Crippen molar-refractivity contribution < 1.29 is 27.5 Å². The summed E-state index contributed by atoms with van der Waals surface area (Å²) in [6, 6.07) is 9.49. The van der Waals surface area contributed by atoms with E-state index in [0.29, 0.717) is 35.1 Å². The molecule has 150 valence electrons. The number of sulfonamides is 1. The molecule has 0 fully saturated rings. The topological polar surface area (TPSA) is 117 Å². The Morgan fingerprint density at radius 1 is 1.10 bits per heavy atom. The molecule has 1 heterocycles. The number of carbonyl (C=O) groups is 2. The van der Waals surface area contributed by atoms with Crippen LogP contribution in [0, 0.1) is 5.41 Å². The van der Waals surface area contributed by atoms with Gasteiger partial charge in [-0.3, -0.25) is 9.52 Å². The second kappa shape index (κ2) is 6.45. The van der Waals surface area contributed by atoms with Crippen LogP contribution in [0.25, 0.3) is 11.0 Å². The van der Waals surface area contributed by atoms with Crippen LogP contribution in [0.1, 0.15) is 46.7 Å². The first-order valence-electron chi connectivity index (χ1n) is 8.99. The molecule has 0 amide bonds. The molecule has 0 aliphatic heterocycles. The molecule has 1 N–H and O–H groups in total. The molecule has 7 nitrogen and oxygen atoms in total. The molecule has 1 aliphatic rings. The van der Waals surface area contributed by atoms with Gasteiger partial charge >= 0.3 is 0 Å². The fraction of sp³-hybridized carbons (Fsp3) is 0.238. The summed E-state index contributed by atoms with van der Waals surface area (Å²) in [6.45, 7) is 4.01. The molecular formula is C21H18NO6S-. The van der Waals surface area contributed by atoms with E-state index in [2.05, 4.69) is 4.72 Å². The molecule has 3 aromatic rings. The Hall–Kier alpha value is -3.13. The molecular weight excluding hydrogens is 394 g/mol. The minimum Gasteiger partial charge on any atom is -0.545 e. The van der Waals surface area contributed by atoms with Gasteiger partial charge in [-0.1, -0.05) is 26.0 Å². The number of carboxylic acids is 1. The monoisotopic (exact) mass is 412 g/mol. The number of aromatic carboxylic acids is 1. The molecule has 0 atom stereocenters. The van der Waals surface area contributed by atoms with Crippen LogP contribution in [0.5, 0.6) is 0 Å². The largest absolute Gasteiger partial charge is 0.545 e. The van der Waals surface area contributed by atoms with E-state index in [0.717, 1.165) is 0 Å². The third kappa shape index (κ3) is 3.51. The summed E-state index contributed by atoms with van der Waals surface area (Å²) < 4.78 is 33.6. The van der Waals surface area contributed by atoms with Crippen molar-refractivity contribution in [1.82, 2.24) is 0 Å². The number of ketones is 1. The number of furan rings is 1. The molecule has 1 aliphatic carbocycles. The molecule has 8 heteroatoms. The number of carboxylic acid groups (broad SMARTS) is 1. The van der Waals surface area contributed by atoms with E-state index in [1.807, 2.05) is 13.8 Å². The summed E-state index contributed by atoms with van der Waals surface area (Å²) >= 11 is 0. The number of Topliss-reactive ketones (excluding diaryl/α,β-unsaturated/α-hetero) is 1. The fourth-order valence-electron chi connectivity index (χ4n) is 3.65. The van der Waals surface area contributed by atoms with Gasteiger partial charge in [0.1, 0.15) is 11.3 Å². The maximum atomic E-state index is 12.6. The summed E-state index contributed by atoms with van der Waals surface area (Å²) in [5.41, 5.74) is 1.03.